The Bertz CT molecular complexity index is 216. The molecule has 0 aliphatic rings. The van der Waals surface area contributed by atoms with Crippen LogP contribution in [0.1, 0.15) is 5.76 Å². The third-order valence-electron chi connectivity index (χ3n) is 0.998. The molecule has 0 saturated carbocycles. The predicted molar refractivity (Wildman–Crippen MR) is 28.7 cm³/mol. The number of hydrogen-bond acceptors (Lipinski definition) is 2. The Balaban J connectivity index is 2.95. The van der Waals surface area contributed by atoms with E-state index in [-0.39, 0.29) is 0 Å². The molecule has 0 amide bonds. The Hall–Kier alpha value is -1.19. The van der Waals surface area contributed by atoms with Crippen LogP contribution in [0.4, 0.5) is 8.78 Å². The second kappa shape index (κ2) is 2.21. The summed E-state index contributed by atoms with van der Waals surface area (Å²) in [5, 5.41) is 0. The maximum atomic E-state index is 12.3. The first-order valence-corrected chi connectivity index (χ1v) is 2.55. The molecule has 0 aliphatic carbocycles. The van der Waals surface area contributed by atoms with Crippen molar-refractivity contribution < 1.29 is 18.0 Å². The molecular formula is C6H4F2O2. The quantitative estimate of drug-likeness (QED) is 0.593. The normalized spacial score (nSPS) is 11.4. The van der Waals surface area contributed by atoms with Gasteiger partial charge in [-0.2, -0.15) is 8.78 Å². The Morgan fingerprint density at radius 2 is 2.30 bits per heavy atom. The van der Waals surface area contributed by atoms with E-state index in [1.54, 1.807) is 0 Å². The minimum absolute atomic E-state index is 0.453. The van der Waals surface area contributed by atoms with Crippen LogP contribution in [0, 0.1) is 0 Å². The second-order valence-corrected chi connectivity index (χ2v) is 1.72. The molecule has 4 heteroatoms. The number of alkyl halides is 2. The zero-order valence-corrected chi connectivity index (χ0v) is 4.88. The van der Waals surface area contributed by atoms with Gasteiger partial charge in [0.15, 0.2) is 12.0 Å². The van der Waals surface area contributed by atoms with E-state index in [0.717, 1.165) is 12.3 Å². The van der Waals surface area contributed by atoms with E-state index in [9.17, 15) is 13.6 Å². The summed E-state index contributed by atoms with van der Waals surface area (Å²) in [6.07, 6.45) is 0.637. The summed E-state index contributed by atoms with van der Waals surface area (Å²) in [6.45, 7) is 0. The summed E-state index contributed by atoms with van der Waals surface area (Å²) < 4.78 is 28.8. The first-order valence-electron chi connectivity index (χ1n) is 2.55. The molecule has 0 unspecified atom stereocenters. The van der Waals surface area contributed by atoms with Crippen LogP contribution in [0.2, 0.25) is 0 Å². The monoisotopic (exact) mass is 146 g/mol. The number of carbonyl (C=O) groups excluding carboxylic acids is 1. The van der Waals surface area contributed by atoms with Crippen molar-refractivity contribution in [2.45, 2.75) is 5.92 Å². The highest BCUT2D eigenvalue weighted by Crippen LogP contribution is 2.24. The van der Waals surface area contributed by atoms with E-state index < -0.39 is 18.0 Å². The van der Waals surface area contributed by atoms with Gasteiger partial charge < -0.3 is 4.42 Å². The van der Waals surface area contributed by atoms with E-state index in [2.05, 4.69) is 4.42 Å². The zero-order valence-electron chi connectivity index (χ0n) is 4.88. The van der Waals surface area contributed by atoms with Gasteiger partial charge in [0.05, 0.1) is 6.26 Å². The summed E-state index contributed by atoms with van der Waals surface area (Å²) >= 11 is 0. The van der Waals surface area contributed by atoms with Crippen LogP contribution >= 0.6 is 0 Å². The Morgan fingerprint density at radius 1 is 1.60 bits per heavy atom. The van der Waals surface area contributed by atoms with Gasteiger partial charge in [-0.15, -0.1) is 0 Å². The first kappa shape index (κ1) is 6.92. The summed E-state index contributed by atoms with van der Waals surface area (Å²) in [6, 6.07) is 2.35. The van der Waals surface area contributed by atoms with Gasteiger partial charge in [0, 0.05) is 0 Å². The first-order chi connectivity index (χ1) is 4.67. The molecule has 1 aromatic rings. The van der Waals surface area contributed by atoms with Crippen molar-refractivity contribution in [1.29, 1.82) is 0 Å². The fourth-order valence-corrected chi connectivity index (χ4v) is 0.526. The van der Waals surface area contributed by atoms with Crippen LogP contribution in [0.25, 0.3) is 0 Å². The zero-order chi connectivity index (χ0) is 7.61. The van der Waals surface area contributed by atoms with Gasteiger partial charge in [-0.05, 0) is 12.1 Å². The van der Waals surface area contributed by atoms with Crippen molar-refractivity contribution in [1.82, 2.24) is 0 Å². The van der Waals surface area contributed by atoms with Crippen molar-refractivity contribution in [3.8, 4) is 0 Å². The maximum absolute atomic E-state index is 12.3. The smallest absolute Gasteiger partial charge is 0.358 e. The van der Waals surface area contributed by atoms with E-state index in [0.29, 0.717) is 0 Å². The summed E-state index contributed by atoms with van der Waals surface area (Å²) in [5.41, 5.74) is 0. The van der Waals surface area contributed by atoms with Crippen LogP contribution in [-0.2, 0) is 10.7 Å². The highest BCUT2D eigenvalue weighted by atomic mass is 19.3. The third-order valence-corrected chi connectivity index (χ3v) is 0.998. The van der Waals surface area contributed by atoms with Gasteiger partial charge in [-0.1, -0.05) is 0 Å². The Labute approximate surface area is 55.4 Å². The minimum atomic E-state index is -3.48. The maximum Gasteiger partial charge on any atom is 0.358 e. The SMILES string of the molecule is O=CC(F)(F)c1ccco1. The standard InChI is InChI=1S/C6H4F2O2/c7-6(8,4-9)5-2-1-3-10-5/h1-4H. The third kappa shape index (κ3) is 1.05. The lowest BCUT2D eigenvalue weighted by molar-refractivity contribution is -0.132. The van der Waals surface area contributed by atoms with Crippen molar-refractivity contribution in [2.75, 3.05) is 0 Å². The summed E-state index contributed by atoms with van der Waals surface area (Å²) in [5.74, 6) is -4.11. The van der Waals surface area contributed by atoms with Crippen molar-refractivity contribution in [3.05, 3.63) is 24.2 Å². The van der Waals surface area contributed by atoms with Crippen molar-refractivity contribution in [3.63, 3.8) is 0 Å². The molecule has 0 saturated heterocycles. The highest BCUT2D eigenvalue weighted by Gasteiger charge is 2.33. The molecule has 0 bridgehead atoms. The molecule has 0 aliphatic heterocycles. The number of rotatable bonds is 2. The van der Waals surface area contributed by atoms with Gasteiger partial charge in [0.1, 0.15) is 0 Å². The summed E-state index contributed by atoms with van der Waals surface area (Å²) in [7, 11) is 0. The number of furan rings is 1. The van der Waals surface area contributed by atoms with Gasteiger partial charge in [0.25, 0.3) is 0 Å². The largest absolute Gasteiger partial charge is 0.462 e. The molecule has 0 aromatic carbocycles. The lowest BCUT2D eigenvalue weighted by atomic mass is 10.3. The van der Waals surface area contributed by atoms with Crippen molar-refractivity contribution in [2.24, 2.45) is 0 Å². The molecule has 0 spiro atoms. The molecule has 0 radical (unpaired) electrons. The predicted octanol–water partition coefficient (Wildman–Crippen LogP) is 1.57. The molecule has 1 rings (SSSR count). The van der Waals surface area contributed by atoms with Gasteiger partial charge in [-0.3, -0.25) is 4.79 Å². The van der Waals surface area contributed by atoms with Crippen molar-refractivity contribution >= 4 is 6.29 Å². The highest BCUT2D eigenvalue weighted by molar-refractivity contribution is 5.61. The number of aldehydes is 1. The molecule has 0 atom stereocenters. The lowest BCUT2D eigenvalue weighted by Gasteiger charge is -2.02. The van der Waals surface area contributed by atoms with E-state index in [1.165, 1.54) is 6.07 Å². The van der Waals surface area contributed by atoms with Gasteiger partial charge in [0.2, 0.25) is 0 Å². The topological polar surface area (TPSA) is 30.2 Å². The molecule has 10 heavy (non-hydrogen) atoms. The van der Waals surface area contributed by atoms with E-state index >= 15 is 0 Å². The fourth-order valence-electron chi connectivity index (χ4n) is 0.526. The molecule has 0 N–H and O–H groups in total. The minimum Gasteiger partial charge on any atom is -0.462 e. The molecular weight excluding hydrogens is 142 g/mol. The second-order valence-electron chi connectivity index (χ2n) is 1.72. The van der Waals surface area contributed by atoms with Crippen LogP contribution in [0.5, 0.6) is 0 Å². The Kier molecular flexibility index (Phi) is 1.53. The molecule has 2 nitrogen and oxygen atoms in total. The van der Waals surface area contributed by atoms with Gasteiger partial charge in [-0.25, -0.2) is 0 Å². The van der Waals surface area contributed by atoms with Crippen LogP contribution in [-0.4, -0.2) is 6.29 Å². The van der Waals surface area contributed by atoms with E-state index in [1.807, 2.05) is 0 Å². The average molecular weight is 146 g/mol. The lowest BCUT2D eigenvalue weighted by Crippen LogP contribution is -2.13. The molecule has 1 aromatic heterocycles. The fraction of sp³-hybridized carbons (Fsp3) is 0.167. The number of halogens is 2. The molecule has 0 fully saturated rings. The Morgan fingerprint density at radius 3 is 2.70 bits per heavy atom. The number of hydrogen-bond donors (Lipinski definition) is 0. The van der Waals surface area contributed by atoms with Crippen LogP contribution in [0.3, 0.4) is 0 Å². The molecule has 54 valence electrons. The summed E-state index contributed by atoms with van der Waals surface area (Å²) in [4.78, 5) is 9.72. The van der Waals surface area contributed by atoms with E-state index in [4.69, 9.17) is 0 Å². The number of carbonyl (C=O) groups is 1. The van der Waals surface area contributed by atoms with Crippen LogP contribution < -0.4 is 0 Å². The van der Waals surface area contributed by atoms with Gasteiger partial charge >= 0.3 is 5.92 Å². The average Bonchev–Trinajstić information content (AvgIpc) is 2.38. The molecule has 1 heterocycles. The van der Waals surface area contributed by atoms with Crippen LogP contribution in [0.15, 0.2) is 22.8 Å².